The van der Waals surface area contributed by atoms with E-state index < -0.39 is 5.97 Å². The summed E-state index contributed by atoms with van der Waals surface area (Å²) in [4.78, 5) is 24.4. The van der Waals surface area contributed by atoms with Crippen molar-refractivity contribution in [2.45, 2.75) is 27.3 Å². The zero-order chi connectivity index (χ0) is 24.0. The highest BCUT2D eigenvalue weighted by atomic mass is 32.1. The fourth-order valence-corrected chi connectivity index (χ4v) is 4.34. The van der Waals surface area contributed by atoms with Crippen LogP contribution < -0.4 is 19.5 Å². The number of ether oxygens (including phenoxy) is 4. The van der Waals surface area contributed by atoms with Crippen LogP contribution in [0.2, 0.25) is 0 Å². The Morgan fingerprint density at radius 2 is 1.73 bits per heavy atom. The van der Waals surface area contributed by atoms with Crippen molar-refractivity contribution in [2.24, 2.45) is 0 Å². The Hall–Kier alpha value is -3.52. The summed E-state index contributed by atoms with van der Waals surface area (Å²) in [5, 5.41) is 5.88. The molecule has 0 fully saturated rings. The Kier molecular flexibility index (Phi) is 7.95. The number of nitrogens with one attached hydrogen (secondary N) is 1. The van der Waals surface area contributed by atoms with E-state index in [9.17, 15) is 9.59 Å². The van der Waals surface area contributed by atoms with Crippen LogP contribution >= 0.6 is 11.3 Å². The standard InChI is InChI=1S/C25H27NO6S/c1-6-31-25(28)23-19(17-8-10-21(29-4)22(12-17)30-5)14-33-24(23)26-13-18-11-15(2)7-9-20(18)32-16(3)27/h7-12,14,26H,6,13H2,1-5H3. The minimum absolute atomic E-state index is 0.258. The molecular weight excluding hydrogens is 442 g/mol. The number of hydrogen-bond acceptors (Lipinski definition) is 8. The van der Waals surface area contributed by atoms with Gasteiger partial charge in [0.2, 0.25) is 0 Å². The van der Waals surface area contributed by atoms with Gasteiger partial charge in [0.1, 0.15) is 16.3 Å². The van der Waals surface area contributed by atoms with Gasteiger partial charge in [-0.2, -0.15) is 0 Å². The Morgan fingerprint density at radius 1 is 1.00 bits per heavy atom. The summed E-state index contributed by atoms with van der Waals surface area (Å²) in [6, 6.07) is 11.1. The molecule has 0 aliphatic carbocycles. The van der Waals surface area contributed by atoms with E-state index in [1.54, 1.807) is 33.3 Å². The smallest absolute Gasteiger partial charge is 0.341 e. The molecule has 174 valence electrons. The van der Waals surface area contributed by atoms with Crippen LogP contribution in [0, 0.1) is 6.92 Å². The third-order valence-electron chi connectivity index (χ3n) is 4.87. The summed E-state index contributed by atoms with van der Waals surface area (Å²) in [5.74, 6) is 0.839. The molecule has 8 heteroatoms. The van der Waals surface area contributed by atoms with Gasteiger partial charge in [0.25, 0.3) is 0 Å². The molecule has 0 atom stereocenters. The zero-order valence-electron chi connectivity index (χ0n) is 19.3. The first-order valence-electron chi connectivity index (χ1n) is 10.4. The van der Waals surface area contributed by atoms with Gasteiger partial charge < -0.3 is 24.3 Å². The molecule has 0 saturated carbocycles. The number of hydrogen-bond donors (Lipinski definition) is 1. The lowest BCUT2D eigenvalue weighted by atomic mass is 10.0. The summed E-state index contributed by atoms with van der Waals surface area (Å²) in [7, 11) is 3.14. The number of esters is 2. The van der Waals surface area contributed by atoms with Gasteiger partial charge in [0.05, 0.1) is 20.8 Å². The van der Waals surface area contributed by atoms with E-state index in [0.29, 0.717) is 34.4 Å². The molecule has 0 unspecified atom stereocenters. The third kappa shape index (κ3) is 5.64. The van der Waals surface area contributed by atoms with Crippen LogP contribution in [0.1, 0.15) is 35.3 Å². The molecule has 0 aliphatic rings. The van der Waals surface area contributed by atoms with Gasteiger partial charge in [-0.05, 0) is 37.6 Å². The average molecular weight is 470 g/mol. The lowest BCUT2D eigenvalue weighted by molar-refractivity contribution is -0.131. The molecule has 2 aromatic carbocycles. The third-order valence-corrected chi connectivity index (χ3v) is 5.81. The number of methoxy groups -OCH3 is 2. The molecule has 0 amide bonds. The first-order chi connectivity index (χ1) is 15.9. The fraction of sp³-hybridized carbons (Fsp3) is 0.280. The van der Waals surface area contributed by atoms with Gasteiger partial charge in [-0.3, -0.25) is 4.79 Å². The quantitative estimate of drug-likeness (QED) is 0.329. The van der Waals surface area contributed by atoms with E-state index >= 15 is 0 Å². The number of benzene rings is 2. The van der Waals surface area contributed by atoms with Crippen molar-refractivity contribution in [2.75, 3.05) is 26.1 Å². The summed E-state index contributed by atoms with van der Waals surface area (Å²) in [6.07, 6.45) is 0. The molecule has 0 saturated heterocycles. The highest BCUT2D eigenvalue weighted by Crippen LogP contribution is 2.40. The molecule has 3 rings (SSSR count). The van der Waals surface area contributed by atoms with Crippen LogP contribution in [-0.2, 0) is 16.1 Å². The van der Waals surface area contributed by atoms with Crippen molar-refractivity contribution < 1.29 is 28.5 Å². The number of carbonyl (C=O) groups excluding carboxylic acids is 2. The predicted molar refractivity (Wildman–Crippen MR) is 129 cm³/mol. The second-order valence-corrected chi connectivity index (χ2v) is 8.08. The van der Waals surface area contributed by atoms with E-state index in [0.717, 1.165) is 22.3 Å². The fourth-order valence-electron chi connectivity index (χ4n) is 3.39. The lowest BCUT2D eigenvalue weighted by Crippen LogP contribution is -2.10. The van der Waals surface area contributed by atoms with Gasteiger partial charge in [0.15, 0.2) is 11.5 Å². The Labute approximate surface area is 197 Å². The summed E-state index contributed by atoms with van der Waals surface area (Å²) >= 11 is 1.40. The molecule has 0 radical (unpaired) electrons. The summed E-state index contributed by atoms with van der Waals surface area (Å²) < 4.78 is 21.4. The first kappa shape index (κ1) is 24.1. The van der Waals surface area contributed by atoms with Crippen LogP contribution in [0.3, 0.4) is 0 Å². The number of carbonyl (C=O) groups is 2. The van der Waals surface area contributed by atoms with Crippen LogP contribution in [0.25, 0.3) is 11.1 Å². The maximum Gasteiger partial charge on any atom is 0.341 e. The van der Waals surface area contributed by atoms with Gasteiger partial charge in [-0.15, -0.1) is 11.3 Å². The molecule has 1 N–H and O–H groups in total. The molecule has 3 aromatic rings. The molecule has 0 bridgehead atoms. The topological polar surface area (TPSA) is 83.1 Å². The Bertz CT molecular complexity index is 1150. The maximum absolute atomic E-state index is 12.9. The van der Waals surface area contributed by atoms with Crippen LogP contribution in [0.15, 0.2) is 41.8 Å². The van der Waals surface area contributed by atoms with E-state index in [2.05, 4.69) is 5.32 Å². The molecule has 0 aliphatic heterocycles. The molecule has 0 spiro atoms. The normalized spacial score (nSPS) is 10.5. The van der Waals surface area contributed by atoms with Crippen molar-refractivity contribution in [3.63, 3.8) is 0 Å². The predicted octanol–water partition coefficient (Wildman–Crippen LogP) is 5.45. The molecule has 7 nitrogen and oxygen atoms in total. The monoisotopic (exact) mass is 469 g/mol. The average Bonchev–Trinajstić information content (AvgIpc) is 3.22. The molecular formula is C25H27NO6S. The van der Waals surface area contributed by atoms with Gasteiger partial charge in [-0.1, -0.05) is 23.8 Å². The number of thiophene rings is 1. The second-order valence-electron chi connectivity index (χ2n) is 7.20. The highest BCUT2D eigenvalue weighted by molar-refractivity contribution is 7.15. The van der Waals surface area contributed by atoms with Crippen molar-refractivity contribution in [1.29, 1.82) is 0 Å². The Balaban J connectivity index is 1.98. The van der Waals surface area contributed by atoms with Crippen molar-refractivity contribution in [3.05, 3.63) is 58.5 Å². The maximum atomic E-state index is 12.9. The number of aryl methyl sites for hydroxylation is 1. The SMILES string of the molecule is CCOC(=O)c1c(-c2ccc(OC)c(OC)c2)csc1NCc1cc(C)ccc1OC(C)=O. The van der Waals surface area contributed by atoms with Crippen LogP contribution in [0.4, 0.5) is 5.00 Å². The van der Waals surface area contributed by atoms with Crippen molar-refractivity contribution >= 4 is 28.3 Å². The highest BCUT2D eigenvalue weighted by Gasteiger charge is 2.22. The molecule has 33 heavy (non-hydrogen) atoms. The van der Waals surface area contributed by atoms with Gasteiger partial charge in [0, 0.05) is 30.0 Å². The van der Waals surface area contributed by atoms with E-state index in [1.165, 1.54) is 18.3 Å². The summed E-state index contributed by atoms with van der Waals surface area (Å²) in [5.41, 5.74) is 3.81. The second kappa shape index (κ2) is 10.9. The minimum atomic E-state index is -0.421. The number of rotatable bonds is 9. The van der Waals surface area contributed by atoms with Crippen molar-refractivity contribution in [3.8, 4) is 28.4 Å². The largest absolute Gasteiger partial charge is 0.493 e. The van der Waals surface area contributed by atoms with E-state index in [-0.39, 0.29) is 12.6 Å². The van der Waals surface area contributed by atoms with E-state index in [4.69, 9.17) is 18.9 Å². The minimum Gasteiger partial charge on any atom is -0.493 e. The molecule has 1 heterocycles. The van der Waals surface area contributed by atoms with E-state index in [1.807, 2.05) is 36.6 Å². The first-order valence-corrected chi connectivity index (χ1v) is 11.3. The van der Waals surface area contributed by atoms with Crippen LogP contribution in [-0.4, -0.2) is 32.8 Å². The van der Waals surface area contributed by atoms with Crippen molar-refractivity contribution in [1.82, 2.24) is 0 Å². The van der Waals surface area contributed by atoms with Gasteiger partial charge >= 0.3 is 11.9 Å². The molecule has 1 aromatic heterocycles. The summed E-state index contributed by atoms with van der Waals surface area (Å²) in [6.45, 7) is 5.72. The van der Waals surface area contributed by atoms with Crippen LogP contribution in [0.5, 0.6) is 17.2 Å². The number of anilines is 1. The zero-order valence-corrected chi connectivity index (χ0v) is 20.1. The van der Waals surface area contributed by atoms with Gasteiger partial charge in [-0.25, -0.2) is 4.79 Å². The lowest BCUT2D eigenvalue weighted by Gasteiger charge is -2.13. The Morgan fingerprint density at radius 3 is 2.39 bits per heavy atom.